The second-order valence-electron chi connectivity index (χ2n) is 17.7. The summed E-state index contributed by atoms with van der Waals surface area (Å²) in [5, 5.41) is 0. The number of benzene rings is 9. The summed E-state index contributed by atoms with van der Waals surface area (Å²) >= 11 is 0. The molecule has 11 rings (SSSR count). The van der Waals surface area contributed by atoms with E-state index in [0.29, 0.717) is 0 Å². The lowest BCUT2D eigenvalue weighted by Gasteiger charge is -2.31. The summed E-state index contributed by atoms with van der Waals surface area (Å²) in [5.41, 5.74) is 23.6. The highest BCUT2D eigenvalue weighted by molar-refractivity contribution is 5.99. The summed E-state index contributed by atoms with van der Waals surface area (Å²) in [6, 6.07) is 78.4. The zero-order valence-corrected chi connectivity index (χ0v) is 35.2. The van der Waals surface area contributed by atoms with Gasteiger partial charge in [0.05, 0.1) is 5.69 Å². The highest BCUT2D eigenvalue weighted by Gasteiger charge is 2.41. The molecule has 0 unspecified atom stereocenters. The van der Waals surface area contributed by atoms with Gasteiger partial charge in [-0.2, -0.15) is 0 Å². The molecule has 61 heavy (non-hydrogen) atoms. The van der Waals surface area contributed by atoms with Crippen molar-refractivity contribution in [3.05, 3.63) is 235 Å². The third-order valence-electron chi connectivity index (χ3n) is 13.5. The molecule has 0 fully saturated rings. The zero-order valence-electron chi connectivity index (χ0n) is 35.2. The van der Waals surface area contributed by atoms with Gasteiger partial charge in [0.25, 0.3) is 0 Å². The Bertz CT molecular complexity index is 3100. The van der Waals surface area contributed by atoms with E-state index in [9.17, 15) is 0 Å². The van der Waals surface area contributed by atoms with Gasteiger partial charge in [-0.3, -0.25) is 0 Å². The van der Waals surface area contributed by atoms with Crippen LogP contribution in [0.3, 0.4) is 0 Å². The maximum absolute atomic E-state index is 2.50. The van der Waals surface area contributed by atoms with Crippen LogP contribution in [0.5, 0.6) is 0 Å². The summed E-state index contributed by atoms with van der Waals surface area (Å²) in [7, 11) is 0. The molecule has 0 amide bonds. The number of nitrogens with zero attached hydrogens (tertiary/aromatic N) is 1. The lowest BCUT2D eigenvalue weighted by molar-refractivity contribution is 0.660. The van der Waals surface area contributed by atoms with Crippen LogP contribution in [0.15, 0.2) is 212 Å². The number of anilines is 3. The molecule has 9 aromatic rings. The minimum atomic E-state index is -0.301. The van der Waals surface area contributed by atoms with Crippen LogP contribution < -0.4 is 4.90 Å². The summed E-state index contributed by atoms with van der Waals surface area (Å²) in [6.45, 7) is 9.59. The molecular weight excluding hydrogens is 735 g/mol. The maximum Gasteiger partial charge on any atom is 0.0540 e. The standard InChI is InChI=1S/C60H47N/c1-59(2)53-26-16-14-25-50(53)51-34-32-45(38-54(51)59)61(56-27-17-15-24-47(56)42-20-10-6-11-21-42)46-33-35-52-55(39-46)60(3,4)58-49(37-36-48(57(52)58)43-22-12-7-13-23-43)44-30-28-41(29-31-44)40-18-8-5-9-19-40/h5-39H,1-4H3. The van der Waals surface area contributed by atoms with Crippen molar-refractivity contribution in [2.45, 2.75) is 38.5 Å². The first-order valence-corrected chi connectivity index (χ1v) is 21.5. The first-order chi connectivity index (χ1) is 29.8. The lowest BCUT2D eigenvalue weighted by atomic mass is 9.77. The normalized spacial score (nSPS) is 13.8. The molecule has 0 heterocycles. The van der Waals surface area contributed by atoms with Gasteiger partial charge in [0, 0.05) is 27.8 Å². The van der Waals surface area contributed by atoms with Crippen molar-refractivity contribution in [3.8, 4) is 66.8 Å². The predicted molar refractivity (Wildman–Crippen MR) is 258 cm³/mol. The van der Waals surface area contributed by atoms with Crippen molar-refractivity contribution < 1.29 is 0 Å². The molecule has 1 heteroatoms. The van der Waals surface area contributed by atoms with Crippen molar-refractivity contribution in [3.63, 3.8) is 0 Å². The second kappa shape index (κ2) is 14.2. The van der Waals surface area contributed by atoms with Crippen molar-refractivity contribution in [1.29, 1.82) is 0 Å². The zero-order chi connectivity index (χ0) is 41.3. The number of fused-ring (bicyclic) bond motifs is 6. The van der Waals surface area contributed by atoms with Gasteiger partial charge in [0.15, 0.2) is 0 Å². The molecule has 2 aliphatic rings. The van der Waals surface area contributed by atoms with E-state index in [4.69, 9.17) is 0 Å². The molecule has 0 bridgehead atoms. The van der Waals surface area contributed by atoms with E-state index in [-0.39, 0.29) is 10.8 Å². The molecular formula is C60H47N. The minimum Gasteiger partial charge on any atom is -0.310 e. The maximum atomic E-state index is 2.50. The molecule has 1 nitrogen and oxygen atoms in total. The molecule has 0 spiro atoms. The Morgan fingerprint density at radius 3 is 1.38 bits per heavy atom. The van der Waals surface area contributed by atoms with Crippen molar-refractivity contribution >= 4 is 17.1 Å². The van der Waals surface area contributed by atoms with Gasteiger partial charge in [-0.05, 0) is 114 Å². The van der Waals surface area contributed by atoms with Gasteiger partial charge in [-0.1, -0.05) is 210 Å². The molecule has 0 N–H and O–H groups in total. The van der Waals surface area contributed by atoms with Crippen molar-refractivity contribution in [2.75, 3.05) is 4.90 Å². The molecule has 2 aliphatic carbocycles. The van der Waals surface area contributed by atoms with E-state index in [1.54, 1.807) is 0 Å². The first-order valence-electron chi connectivity index (χ1n) is 21.5. The average molecular weight is 782 g/mol. The number of rotatable bonds is 7. The highest BCUT2D eigenvalue weighted by atomic mass is 15.1. The smallest absolute Gasteiger partial charge is 0.0540 e. The summed E-state index contributed by atoms with van der Waals surface area (Å²) in [6.07, 6.45) is 0. The third kappa shape index (κ3) is 5.91. The molecule has 0 saturated heterocycles. The van der Waals surface area contributed by atoms with Gasteiger partial charge >= 0.3 is 0 Å². The Hall–Kier alpha value is -7.22. The van der Waals surface area contributed by atoms with E-state index in [2.05, 4.69) is 245 Å². The van der Waals surface area contributed by atoms with Crippen LogP contribution in [0.1, 0.15) is 49.9 Å². The molecule has 0 atom stereocenters. The van der Waals surface area contributed by atoms with E-state index in [0.717, 1.165) is 17.1 Å². The Morgan fingerprint density at radius 2 is 0.721 bits per heavy atom. The Morgan fingerprint density at radius 1 is 0.295 bits per heavy atom. The predicted octanol–water partition coefficient (Wildman–Crippen LogP) is 16.4. The fourth-order valence-electron chi connectivity index (χ4n) is 10.4. The largest absolute Gasteiger partial charge is 0.310 e. The van der Waals surface area contributed by atoms with Crippen molar-refractivity contribution in [1.82, 2.24) is 0 Å². The fourth-order valence-corrected chi connectivity index (χ4v) is 10.4. The molecule has 0 saturated carbocycles. The van der Waals surface area contributed by atoms with Crippen LogP contribution in [-0.4, -0.2) is 0 Å². The Balaban J connectivity index is 1.11. The van der Waals surface area contributed by atoms with Crippen LogP contribution in [0.4, 0.5) is 17.1 Å². The Labute approximate surface area is 360 Å². The minimum absolute atomic E-state index is 0.127. The van der Waals surface area contributed by atoms with E-state index in [1.165, 1.54) is 89.0 Å². The lowest BCUT2D eigenvalue weighted by Crippen LogP contribution is -2.18. The van der Waals surface area contributed by atoms with Gasteiger partial charge in [-0.15, -0.1) is 0 Å². The van der Waals surface area contributed by atoms with Crippen LogP contribution in [0, 0.1) is 0 Å². The first kappa shape index (κ1) is 36.8. The molecule has 0 aliphatic heterocycles. The Kier molecular flexibility index (Phi) is 8.58. The molecule has 9 aromatic carbocycles. The second-order valence-corrected chi connectivity index (χ2v) is 17.7. The third-order valence-corrected chi connectivity index (χ3v) is 13.5. The van der Waals surface area contributed by atoms with Crippen LogP contribution in [0.25, 0.3) is 66.8 Å². The fraction of sp³-hybridized carbons (Fsp3) is 0.100. The van der Waals surface area contributed by atoms with Gasteiger partial charge in [-0.25, -0.2) is 0 Å². The summed E-state index contributed by atoms with van der Waals surface area (Å²) < 4.78 is 0. The number of hydrogen-bond acceptors (Lipinski definition) is 1. The van der Waals surface area contributed by atoms with Crippen LogP contribution in [0.2, 0.25) is 0 Å². The van der Waals surface area contributed by atoms with E-state index < -0.39 is 0 Å². The monoisotopic (exact) mass is 781 g/mol. The van der Waals surface area contributed by atoms with E-state index in [1.807, 2.05) is 0 Å². The van der Waals surface area contributed by atoms with Crippen LogP contribution in [-0.2, 0) is 10.8 Å². The summed E-state index contributed by atoms with van der Waals surface area (Å²) in [4.78, 5) is 2.50. The molecule has 0 radical (unpaired) electrons. The highest BCUT2D eigenvalue weighted by Crippen LogP contribution is 2.57. The number of para-hydroxylation sites is 1. The van der Waals surface area contributed by atoms with Gasteiger partial charge < -0.3 is 4.90 Å². The van der Waals surface area contributed by atoms with E-state index >= 15 is 0 Å². The quantitative estimate of drug-likeness (QED) is 0.156. The van der Waals surface area contributed by atoms with Crippen LogP contribution >= 0.6 is 0 Å². The topological polar surface area (TPSA) is 3.24 Å². The number of hydrogen-bond donors (Lipinski definition) is 0. The molecule has 292 valence electrons. The van der Waals surface area contributed by atoms with Gasteiger partial charge in [0.2, 0.25) is 0 Å². The SMILES string of the molecule is CC1(C)c2ccccc2-c2ccc(N(c3ccc4c(c3)C(C)(C)c3c(-c5ccc(-c6ccccc6)cc5)ccc(-c5ccccc5)c3-4)c3ccccc3-c3ccccc3)cc21. The average Bonchev–Trinajstić information content (AvgIpc) is 3.69. The molecule has 0 aromatic heterocycles. The van der Waals surface area contributed by atoms with Crippen molar-refractivity contribution in [2.24, 2.45) is 0 Å². The summed E-state index contributed by atoms with van der Waals surface area (Å²) in [5.74, 6) is 0. The van der Waals surface area contributed by atoms with Gasteiger partial charge in [0.1, 0.15) is 0 Å².